The molecule has 1 aromatic carbocycles. The second-order valence-corrected chi connectivity index (χ2v) is 9.12. The summed E-state index contributed by atoms with van der Waals surface area (Å²) in [5.74, 6) is 0.521. The number of piperidine rings is 1. The van der Waals surface area contributed by atoms with E-state index >= 15 is 0 Å². The lowest BCUT2D eigenvalue weighted by Gasteiger charge is -2.30. The summed E-state index contributed by atoms with van der Waals surface area (Å²) in [5.41, 5.74) is 0.370. The van der Waals surface area contributed by atoms with Crippen molar-refractivity contribution in [3.05, 3.63) is 29.8 Å². The number of amides is 1. The van der Waals surface area contributed by atoms with Crippen molar-refractivity contribution in [3.63, 3.8) is 0 Å². The van der Waals surface area contributed by atoms with Crippen LogP contribution in [0.2, 0.25) is 0 Å². The summed E-state index contributed by atoms with van der Waals surface area (Å²) in [6.07, 6.45) is 3.45. The third kappa shape index (κ3) is 5.52. The summed E-state index contributed by atoms with van der Waals surface area (Å²) in [4.78, 5) is 14.8. The largest absolute Gasteiger partial charge is 0.352 e. The van der Waals surface area contributed by atoms with E-state index in [1.165, 1.54) is 39.1 Å². The summed E-state index contributed by atoms with van der Waals surface area (Å²) in [6, 6.07) is 6.16. The highest BCUT2D eigenvalue weighted by molar-refractivity contribution is 7.89. The Morgan fingerprint density at radius 1 is 1.36 bits per heavy atom. The van der Waals surface area contributed by atoms with Gasteiger partial charge >= 0.3 is 0 Å². The van der Waals surface area contributed by atoms with Crippen molar-refractivity contribution in [3.8, 4) is 0 Å². The lowest BCUT2D eigenvalue weighted by atomic mass is 10.0. The number of likely N-dealkylation sites (tertiary alicyclic amines) is 1. The molecule has 1 N–H and O–H groups in total. The minimum Gasteiger partial charge on any atom is -0.352 e. The summed E-state index contributed by atoms with van der Waals surface area (Å²) < 4.78 is 25.5. The Kier molecular flexibility index (Phi) is 6.98. The summed E-state index contributed by atoms with van der Waals surface area (Å²) >= 11 is 0. The molecule has 0 aliphatic carbocycles. The molecular weight excluding hydrogens is 338 g/mol. The first-order valence-electron chi connectivity index (χ1n) is 8.84. The average molecular weight is 368 g/mol. The van der Waals surface area contributed by atoms with Crippen LogP contribution in [0.25, 0.3) is 0 Å². The van der Waals surface area contributed by atoms with Crippen LogP contribution in [-0.2, 0) is 10.0 Å². The Morgan fingerprint density at radius 2 is 2.12 bits per heavy atom. The Bertz CT molecular complexity index is 689. The van der Waals surface area contributed by atoms with Gasteiger partial charge < -0.3 is 10.2 Å². The number of benzene rings is 1. The van der Waals surface area contributed by atoms with E-state index < -0.39 is 10.0 Å². The molecule has 0 saturated carbocycles. The maximum atomic E-state index is 12.3. The van der Waals surface area contributed by atoms with Gasteiger partial charge in [0.05, 0.1) is 4.90 Å². The first-order chi connectivity index (χ1) is 11.8. The van der Waals surface area contributed by atoms with Crippen LogP contribution >= 0.6 is 0 Å². The second-order valence-electron chi connectivity index (χ2n) is 6.97. The number of rotatable bonds is 7. The zero-order valence-electron chi connectivity index (χ0n) is 15.4. The molecule has 1 atom stereocenters. The maximum absolute atomic E-state index is 12.3. The molecule has 1 fully saturated rings. The molecule has 140 valence electrons. The van der Waals surface area contributed by atoms with Crippen LogP contribution in [0.4, 0.5) is 0 Å². The minimum atomic E-state index is -3.53. The molecule has 1 aromatic rings. The van der Waals surface area contributed by atoms with E-state index in [9.17, 15) is 13.2 Å². The number of carbonyl (C=O) groups excluding carboxylic acids is 1. The zero-order valence-corrected chi connectivity index (χ0v) is 16.2. The first kappa shape index (κ1) is 19.9. The van der Waals surface area contributed by atoms with E-state index in [0.717, 1.165) is 36.3 Å². The Labute approximate surface area is 151 Å². The van der Waals surface area contributed by atoms with Crippen molar-refractivity contribution < 1.29 is 13.2 Å². The molecule has 1 unspecified atom stereocenters. The fourth-order valence-electron chi connectivity index (χ4n) is 3.11. The van der Waals surface area contributed by atoms with Gasteiger partial charge in [0.25, 0.3) is 5.91 Å². The van der Waals surface area contributed by atoms with Crippen LogP contribution in [0.5, 0.6) is 0 Å². The van der Waals surface area contributed by atoms with Crippen molar-refractivity contribution in [2.75, 3.05) is 40.3 Å². The van der Waals surface area contributed by atoms with Gasteiger partial charge in [-0.2, -0.15) is 0 Å². The minimum absolute atomic E-state index is 0.132. The van der Waals surface area contributed by atoms with Crippen LogP contribution in [0.3, 0.4) is 0 Å². The molecule has 0 aromatic heterocycles. The van der Waals surface area contributed by atoms with Crippen molar-refractivity contribution >= 4 is 15.9 Å². The molecule has 0 spiro atoms. The molecule has 0 radical (unpaired) electrons. The van der Waals surface area contributed by atoms with Crippen molar-refractivity contribution in [1.29, 1.82) is 0 Å². The van der Waals surface area contributed by atoms with Gasteiger partial charge in [-0.15, -0.1) is 0 Å². The average Bonchev–Trinajstić information content (AvgIpc) is 2.58. The quantitative estimate of drug-likeness (QED) is 0.746. The van der Waals surface area contributed by atoms with E-state index in [4.69, 9.17) is 0 Å². The van der Waals surface area contributed by atoms with E-state index in [1.54, 1.807) is 12.1 Å². The molecule has 7 heteroatoms. The molecular formula is C18H29N3O3S. The summed E-state index contributed by atoms with van der Waals surface area (Å²) in [7, 11) is -0.580. The molecule has 25 heavy (non-hydrogen) atoms. The highest BCUT2D eigenvalue weighted by Gasteiger charge is 2.19. The Morgan fingerprint density at radius 3 is 2.80 bits per heavy atom. The molecule has 1 aliphatic heterocycles. The van der Waals surface area contributed by atoms with Crippen LogP contribution in [0.1, 0.15) is 36.5 Å². The van der Waals surface area contributed by atoms with E-state index in [-0.39, 0.29) is 10.8 Å². The number of carbonyl (C=O) groups is 1. The fourth-order valence-corrected chi connectivity index (χ4v) is 4.05. The highest BCUT2D eigenvalue weighted by Crippen LogP contribution is 2.16. The lowest BCUT2D eigenvalue weighted by molar-refractivity contribution is 0.0950. The standard InChI is InChI=1S/C18H29N3O3S/c1-15-7-5-11-21(14-15)12-6-10-19-18(22)16-8-4-9-17(13-16)25(23,24)20(2)3/h4,8-9,13,15H,5-7,10-12,14H2,1-3H3,(H,19,22). The molecule has 0 bridgehead atoms. The predicted octanol–water partition coefficient (Wildman–Crippen LogP) is 1.79. The van der Waals surface area contributed by atoms with Crippen LogP contribution in [0.15, 0.2) is 29.2 Å². The smallest absolute Gasteiger partial charge is 0.251 e. The number of hydrogen-bond acceptors (Lipinski definition) is 4. The van der Waals surface area contributed by atoms with Gasteiger partial charge in [-0.05, 0) is 56.5 Å². The number of nitrogens with one attached hydrogen (secondary N) is 1. The van der Waals surface area contributed by atoms with Gasteiger partial charge in [-0.3, -0.25) is 4.79 Å². The van der Waals surface area contributed by atoms with Crippen LogP contribution < -0.4 is 5.32 Å². The third-order valence-electron chi connectivity index (χ3n) is 4.55. The predicted molar refractivity (Wildman–Crippen MR) is 99.1 cm³/mol. The van der Waals surface area contributed by atoms with E-state index in [0.29, 0.717) is 12.1 Å². The van der Waals surface area contributed by atoms with Gasteiger partial charge in [-0.1, -0.05) is 13.0 Å². The molecule has 1 heterocycles. The SMILES string of the molecule is CC1CCCN(CCCNC(=O)c2cccc(S(=O)(=O)N(C)C)c2)C1. The maximum Gasteiger partial charge on any atom is 0.251 e. The Balaban J connectivity index is 1.85. The fraction of sp³-hybridized carbons (Fsp3) is 0.611. The van der Waals surface area contributed by atoms with E-state index in [1.807, 2.05) is 0 Å². The molecule has 1 aliphatic rings. The van der Waals surface area contributed by atoms with Crippen molar-refractivity contribution in [2.45, 2.75) is 31.1 Å². The molecule has 1 saturated heterocycles. The van der Waals surface area contributed by atoms with Gasteiger partial charge in [-0.25, -0.2) is 12.7 Å². The van der Waals surface area contributed by atoms with Crippen molar-refractivity contribution in [2.24, 2.45) is 5.92 Å². The summed E-state index contributed by atoms with van der Waals surface area (Å²) in [6.45, 7) is 6.14. The monoisotopic (exact) mass is 367 g/mol. The first-order valence-corrected chi connectivity index (χ1v) is 10.3. The summed E-state index contributed by atoms with van der Waals surface area (Å²) in [5, 5.41) is 2.88. The second kappa shape index (κ2) is 8.78. The molecule has 2 rings (SSSR count). The third-order valence-corrected chi connectivity index (χ3v) is 6.36. The molecule has 1 amide bonds. The lowest BCUT2D eigenvalue weighted by Crippen LogP contribution is -2.36. The highest BCUT2D eigenvalue weighted by atomic mass is 32.2. The topological polar surface area (TPSA) is 69.7 Å². The number of hydrogen-bond donors (Lipinski definition) is 1. The zero-order chi connectivity index (χ0) is 18.4. The van der Waals surface area contributed by atoms with Gasteiger partial charge in [0.15, 0.2) is 0 Å². The number of sulfonamides is 1. The Hall–Kier alpha value is -1.44. The normalized spacial score (nSPS) is 19.1. The van der Waals surface area contributed by atoms with E-state index in [2.05, 4.69) is 17.1 Å². The van der Waals surface area contributed by atoms with Gasteiger partial charge in [0.2, 0.25) is 10.0 Å². The van der Waals surface area contributed by atoms with Crippen LogP contribution in [-0.4, -0.2) is 63.8 Å². The molecule has 6 nitrogen and oxygen atoms in total. The number of nitrogens with zero attached hydrogens (tertiary/aromatic N) is 2. The van der Waals surface area contributed by atoms with Crippen LogP contribution in [0, 0.1) is 5.92 Å². The van der Waals surface area contributed by atoms with Gasteiger partial charge in [0, 0.05) is 32.7 Å². The van der Waals surface area contributed by atoms with Gasteiger partial charge in [0.1, 0.15) is 0 Å². The van der Waals surface area contributed by atoms with Crippen molar-refractivity contribution in [1.82, 2.24) is 14.5 Å².